The number of alkyl halides is 6. The summed E-state index contributed by atoms with van der Waals surface area (Å²) in [4.78, 5) is 36.4. The summed E-state index contributed by atoms with van der Waals surface area (Å²) in [7, 11) is 0. The van der Waals surface area contributed by atoms with Crippen LogP contribution in [0.4, 0.5) is 26.3 Å². The Kier molecular flexibility index (Phi) is 7.01. The molecule has 0 aliphatic heterocycles. The fraction of sp³-hybridized carbons (Fsp3) is 0.233. The summed E-state index contributed by atoms with van der Waals surface area (Å²) in [5.74, 6) is -19.1. The van der Waals surface area contributed by atoms with Gasteiger partial charge >= 0.3 is 29.7 Å². The van der Waals surface area contributed by atoms with Gasteiger partial charge in [0.05, 0.1) is 5.56 Å². The fourth-order valence-electron chi connectivity index (χ4n) is 5.00. The number of carbonyl (C=O) groups is 3. The molecule has 1 aliphatic rings. The van der Waals surface area contributed by atoms with Crippen molar-refractivity contribution in [3.63, 3.8) is 0 Å². The summed E-state index contributed by atoms with van der Waals surface area (Å²) in [6, 6.07) is 9.58. The first kappa shape index (κ1) is 29.7. The Morgan fingerprint density at radius 3 is 1.90 bits per heavy atom. The molecule has 2 heterocycles. The van der Waals surface area contributed by atoms with Crippen LogP contribution in [0.15, 0.2) is 54.6 Å². The van der Waals surface area contributed by atoms with Gasteiger partial charge in [-0.15, -0.1) is 22.7 Å². The van der Waals surface area contributed by atoms with Gasteiger partial charge in [-0.2, -0.15) is 26.3 Å². The Balaban J connectivity index is 1.69. The highest BCUT2D eigenvalue weighted by Crippen LogP contribution is 2.67. The monoisotopic (exact) mass is 622 g/mol. The number of aryl methyl sites for hydroxylation is 2. The number of ketones is 1. The molecule has 12 heteroatoms. The summed E-state index contributed by atoms with van der Waals surface area (Å²) >= 11 is 1.85. The van der Waals surface area contributed by atoms with Crippen molar-refractivity contribution in [2.45, 2.75) is 45.0 Å². The van der Waals surface area contributed by atoms with Gasteiger partial charge in [-0.1, -0.05) is 30.8 Å². The second-order valence-corrected chi connectivity index (χ2v) is 12.4. The molecule has 4 aromatic rings. The van der Waals surface area contributed by atoms with E-state index < -0.39 is 58.6 Å². The summed E-state index contributed by atoms with van der Waals surface area (Å²) in [5, 5.41) is 0.0911. The van der Waals surface area contributed by atoms with Crippen LogP contribution in [0.2, 0.25) is 0 Å². The highest BCUT2D eigenvalue weighted by Gasteiger charge is 2.80. The average Bonchev–Trinajstić information content (AvgIpc) is 3.43. The molecule has 5 rings (SSSR count). The lowest BCUT2D eigenvalue weighted by Gasteiger charge is -2.26. The minimum absolute atomic E-state index is 0.0384. The van der Waals surface area contributed by atoms with Crippen molar-refractivity contribution >= 4 is 71.7 Å². The molecule has 0 fully saturated rings. The van der Waals surface area contributed by atoms with Crippen molar-refractivity contribution in [1.82, 2.24) is 0 Å². The van der Waals surface area contributed by atoms with Crippen LogP contribution in [-0.4, -0.2) is 35.5 Å². The molecule has 2 aromatic carbocycles. The number of Topliss-reactive ketones (excluding diaryl/α,β-unsaturated/α-hetero) is 1. The van der Waals surface area contributed by atoms with E-state index >= 15 is 26.3 Å². The number of thiophene rings is 2. The van der Waals surface area contributed by atoms with E-state index in [2.05, 4.69) is 11.3 Å². The number of esters is 2. The van der Waals surface area contributed by atoms with Crippen LogP contribution < -0.4 is 0 Å². The molecule has 0 amide bonds. The molecule has 218 valence electrons. The van der Waals surface area contributed by atoms with E-state index in [1.54, 1.807) is 12.1 Å². The molecule has 0 unspecified atom stereocenters. The first-order valence-electron chi connectivity index (χ1n) is 12.3. The number of halogens is 6. The SMILES string of the molecule is C=C(C)C(=O)CC(=O)OC(=O)c1ccc2c(C3=C(c4c(C)sc5ccccc45)C(F)(F)C(F)(F)C3(F)F)c(C)sc2c1. The molecule has 0 atom stereocenters. The third-order valence-electron chi connectivity index (χ3n) is 7.03. The highest BCUT2D eigenvalue weighted by molar-refractivity contribution is 7.19. The number of fused-ring (bicyclic) bond motifs is 2. The van der Waals surface area contributed by atoms with Crippen LogP contribution in [0.5, 0.6) is 0 Å². The molecule has 4 nitrogen and oxygen atoms in total. The van der Waals surface area contributed by atoms with Gasteiger partial charge in [0.25, 0.3) is 0 Å². The predicted molar refractivity (Wildman–Crippen MR) is 150 cm³/mol. The number of hydrogen-bond donors (Lipinski definition) is 0. The van der Waals surface area contributed by atoms with Crippen molar-refractivity contribution in [3.05, 3.63) is 81.1 Å². The molecule has 1 aliphatic carbocycles. The Morgan fingerprint density at radius 2 is 1.33 bits per heavy atom. The van der Waals surface area contributed by atoms with E-state index in [1.807, 2.05) is 0 Å². The molecular weight excluding hydrogens is 602 g/mol. The van der Waals surface area contributed by atoms with Crippen LogP contribution in [0.25, 0.3) is 31.3 Å². The number of ether oxygens (including phenoxy) is 1. The van der Waals surface area contributed by atoms with Crippen molar-refractivity contribution in [2.75, 3.05) is 0 Å². The first-order valence-corrected chi connectivity index (χ1v) is 14.0. The smallest absolute Gasteiger partial charge is 0.380 e. The molecule has 0 saturated heterocycles. The van der Waals surface area contributed by atoms with Gasteiger partial charge in [0.1, 0.15) is 6.42 Å². The summed E-state index contributed by atoms with van der Waals surface area (Å²) in [6.45, 7) is 7.53. The van der Waals surface area contributed by atoms with E-state index in [0.29, 0.717) is 4.70 Å². The van der Waals surface area contributed by atoms with Crippen molar-refractivity contribution in [1.29, 1.82) is 0 Å². The Hall–Kier alpha value is -3.77. The van der Waals surface area contributed by atoms with E-state index in [9.17, 15) is 14.4 Å². The predicted octanol–water partition coefficient (Wildman–Crippen LogP) is 8.78. The van der Waals surface area contributed by atoms with Crippen LogP contribution in [0.1, 0.15) is 44.6 Å². The maximum Gasteiger partial charge on any atom is 0.380 e. The largest absolute Gasteiger partial charge is 0.389 e. The zero-order chi connectivity index (χ0) is 30.9. The lowest BCUT2D eigenvalue weighted by molar-refractivity contribution is -0.254. The number of benzene rings is 2. The minimum Gasteiger partial charge on any atom is -0.389 e. The number of carbonyl (C=O) groups excluding carboxylic acids is 3. The third kappa shape index (κ3) is 4.30. The van der Waals surface area contributed by atoms with Gasteiger partial charge in [-0.3, -0.25) is 9.59 Å². The fourth-order valence-corrected chi connectivity index (χ4v) is 7.19. The second-order valence-electron chi connectivity index (χ2n) is 9.89. The van der Waals surface area contributed by atoms with E-state index in [0.717, 1.165) is 34.8 Å². The number of rotatable bonds is 6. The molecule has 0 bridgehead atoms. The summed E-state index contributed by atoms with van der Waals surface area (Å²) < 4.78 is 97.7. The molecule has 0 radical (unpaired) electrons. The Labute approximate surface area is 242 Å². The maximum atomic E-state index is 15.6. The van der Waals surface area contributed by atoms with Crippen molar-refractivity contribution < 1.29 is 45.5 Å². The summed E-state index contributed by atoms with van der Waals surface area (Å²) in [6.07, 6.45) is -0.726. The van der Waals surface area contributed by atoms with Gasteiger partial charge in [0.15, 0.2) is 5.78 Å². The molecular formula is C30H20F6O4S2. The zero-order valence-corrected chi connectivity index (χ0v) is 23.8. The second kappa shape index (κ2) is 9.91. The lowest BCUT2D eigenvalue weighted by Crippen LogP contribution is -2.48. The number of allylic oxidation sites excluding steroid dienone is 3. The molecule has 42 heavy (non-hydrogen) atoms. The average molecular weight is 623 g/mol. The van der Waals surface area contributed by atoms with Crippen molar-refractivity contribution in [3.8, 4) is 0 Å². The van der Waals surface area contributed by atoms with Gasteiger partial charge in [0.2, 0.25) is 0 Å². The van der Waals surface area contributed by atoms with Crippen LogP contribution >= 0.6 is 22.7 Å². The first-order chi connectivity index (χ1) is 19.5. The standard InChI is InChI=1S/C30H20F6O4S2/c1-13(2)19(37)12-22(38)40-27(39)16-9-10-18-21(11-16)42-15(4)24(18)26-25(28(31,32)30(35,36)29(26,33)34)23-14(3)41-20-8-6-5-7-17(20)23/h5-11H,1,12H2,2-4H3. The Morgan fingerprint density at radius 1 is 0.810 bits per heavy atom. The molecule has 0 saturated carbocycles. The van der Waals surface area contributed by atoms with Crippen LogP contribution in [0, 0.1) is 13.8 Å². The van der Waals surface area contributed by atoms with Gasteiger partial charge in [0, 0.05) is 52.2 Å². The van der Waals surface area contributed by atoms with E-state index in [4.69, 9.17) is 0 Å². The zero-order valence-electron chi connectivity index (χ0n) is 22.2. The van der Waals surface area contributed by atoms with E-state index in [-0.39, 0.29) is 41.9 Å². The minimum atomic E-state index is -5.73. The Bertz CT molecular complexity index is 1880. The number of hydrogen-bond acceptors (Lipinski definition) is 6. The normalized spacial score (nSPS) is 17.2. The topological polar surface area (TPSA) is 60.4 Å². The highest BCUT2D eigenvalue weighted by atomic mass is 32.1. The summed E-state index contributed by atoms with van der Waals surface area (Å²) in [5.41, 5.74) is -3.88. The molecule has 2 aromatic heterocycles. The molecule has 0 spiro atoms. The van der Waals surface area contributed by atoms with Crippen LogP contribution in [-0.2, 0) is 14.3 Å². The van der Waals surface area contributed by atoms with E-state index in [1.165, 1.54) is 39.0 Å². The molecule has 0 N–H and O–H groups in total. The van der Waals surface area contributed by atoms with Gasteiger partial charge in [-0.05, 0) is 44.5 Å². The van der Waals surface area contributed by atoms with Gasteiger partial charge in [-0.25, -0.2) is 4.79 Å². The lowest BCUT2D eigenvalue weighted by atomic mass is 9.91. The van der Waals surface area contributed by atoms with Crippen LogP contribution in [0.3, 0.4) is 0 Å². The maximum absolute atomic E-state index is 15.6. The van der Waals surface area contributed by atoms with Crippen molar-refractivity contribution in [2.24, 2.45) is 0 Å². The third-order valence-corrected chi connectivity index (χ3v) is 9.18. The van der Waals surface area contributed by atoms with Gasteiger partial charge < -0.3 is 4.74 Å². The quantitative estimate of drug-likeness (QED) is 0.0934.